The monoisotopic (exact) mass is 267 g/mol. The third-order valence-electron chi connectivity index (χ3n) is 4.07. The van der Waals surface area contributed by atoms with E-state index in [9.17, 15) is 0 Å². The van der Waals surface area contributed by atoms with Crippen molar-refractivity contribution in [2.45, 2.75) is 57.6 Å². The van der Waals surface area contributed by atoms with Crippen LogP contribution in [0.1, 0.15) is 55.5 Å². The molecule has 0 saturated heterocycles. The first-order valence-corrected chi connectivity index (χ1v) is 7.93. The number of hydrogen-bond acceptors (Lipinski definition) is 3. The van der Waals surface area contributed by atoms with Crippen LogP contribution >= 0.6 is 11.3 Å². The first kappa shape index (κ1) is 14.0. The van der Waals surface area contributed by atoms with Gasteiger partial charge in [-0.05, 0) is 49.7 Å². The van der Waals surface area contributed by atoms with Crippen molar-refractivity contribution < 1.29 is 4.74 Å². The second-order valence-electron chi connectivity index (χ2n) is 5.35. The van der Waals surface area contributed by atoms with Gasteiger partial charge < -0.3 is 10.1 Å². The van der Waals surface area contributed by atoms with Crippen molar-refractivity contribution in [2.24, 2.45) is 0 Å². The third kappa shape index (κ3) is 2.79. The number of aryl methyl sites for hydroxylation is 1. The van der Waals surface area contributed by atoms with Crippen LogP contribution in [0.25, 0.3) is 0 Å². The highest BCUT2D eigenvalue weighted by atomic mass is 32.1. The van der Waals surface area contributed by atoms with E-state index in [4.69, 9.17) is 4.74 Å². The lowest BCUT2D eigenvalue weighted by Crippen LogP contribution is -2.43. The van der Waals surface area contributed by atoms with Gasteiger partial charge in [0, 0.05) is 12.0 Å². The first-order chi connectivity index (χ1) is 8.72. The molecule has 0 amide bonds. The Labute approximate surface area is 115 Å². The summed E-state index contributed by atoms with van der Waals surface area (Å²) in [6, 6.07) is 2.67. The molecule has 1 saturated carbocycles. The summed E-state index contributed by atoms with van der Waals surface area (Å²) in [5.74, 6) is 0. The van der Waals surface area contributed by atoms with Crippen LogP contribution in [0, 0.1) is 6.92 Å². The van der Waals surface area contributed by atoms with Crippen molar-refractivity contribution in [1.29, 1.82) is 0 Å². The topological polar surface area (TPSA) is 21.3 Å². The minimum atomic E-state index is 0.0166. The van der Waals surface area contributed by atoms with Gasteiger partial charge in [-0.25, -0.2) is 0 Å². The molecule has 1 unspecified atom stereocenters. The van der Waals surface area contributed by atoms with Crippen molar-refractivity contribution >= 4 is 11.3 Å². The molecule has 1 aromatic heterocycles. The van der Waals surface area contributed by atoms with E-state index >= 15 is 0 Å². The highest BCUT2D eigenvalue weighted by Crippen LogP contribution is 2.43. The van der Waals surface area contributed by atoms with Gasteiger partial charge in [-0.1, -0.05) is 19.8 Å². The molecule has 102 valence electrons. The van der Waals surface area contributed by atoms with E-state index in [-0.39, 0.29) is 5.60 Å². The van der Waals surface area contributed by atoms with Crippen LogP contribution in [0.2, 0.25) is 0 Å². The summed E-state index contributed by atoms with van der Waals surface area (Å²) in [7, 11) is 1.88. The molecule has 2 rings (SSSR count). The standard InChI is InChI=1S/C15H25NOS/c1-4-9-16-14(13-10-12(2)18-11-13)15(17-3)7-5-6-8-15/h10-11,14,16H,4-9H2,1-3H3. The molecule has 1 heterocycles. The predicted octanol–water partition coefficient (Wildman–Crippen LogP) is 4.06. The number of thiophene rings is 1. The van der Waals surface area contributed by atoms with Gasteiger partial charge in [-0.2, -0.15) is 0 Å². The molecule has 18 heavy (non-hydrogen) atoms. The Morgan fingerprint density at radius 1 is 1.44 bits per heavy atom. The van der Waals surface area contributed by atoms with E-state index in [1.807, 2.05) is 18.4 Å². The van der Waals surface area contributed by atoms with E-state index < -0.39 is 0 Å². The van der Waals surface area contributed by atoms with Gasteiger partial charge in [0.1, 0.15) is 0 Å². The maximum absolute atomic E-state index is 5.96. The zero-order chi connectivity index (χ0) is 13.0. The van der Waals surface area contributed by atoms with Gasteiger partial charge in [0.15, 0.2) is 0 Å². The Morgan fingerprint density at radius 3 is 2.67 bits per heavy atom. The largest absolute Gasteiger partial charge is 0.376 e. The predicted molar refractivity (Wildman–Crippen MR) is 78.3 cm³/mol. The molecule has 0 radical (unpaired) electrons. The normalized spacial score (nSPS) is 20.2. The lowest BCUT2D eigenvalue weighted by atomic mass is 9.87. The zero-order valence-electron chi connectivity index (χ0n) is 11.8. The number of hydrogen-bond donors (Lipinski definition) is 1. The van der Waals surface area contributed by atoms with Gasteiger partial charge in [-0.15, -0.1) is 11.3 Å². The van der Waals surface area contributed by atoms with Gasteiger partial charge in [0.2, 0.25) is 0 Å². The summed E-state index contributed by atoms with van der Waals surface area (Å²) < 4.78 is 5.96. The average molecular weight is 267 g/mol. The summed E-state index contributed by atoms with van der Waals surface area (Å²) >= 11 is 1.84. The first-order valence-electron chi connectivity index (χ1n) is 7.05. The molecule has 1 aromatic rings. The molecule has 1 aliphatic carbocycles. The van der Waals surface area contributed by atoms with Crippen LogP contribution in [0.5, 0.6) is 0 Å². The average Bonchev–Trinajstić information content (AvgIpc) is 3.00. The van der Waals surface area contributed by atoms with E-state index in [1.165, 1.54) is 42.5 Å². The fourth-order valence-corrected chi connectivity index (χ4v) is 3.83. The molecule has 2 nitrogen and oxygen atoms in total. The Hall–Kier alpha value is -0.380. The fraction of sp³-hybridized carbons (Fsp3) is 0.733. The van der Waals surface area contributed by atoms with Gasteiger partial charge in [-0.3, -0.25) is 0 Å². The van der Waals surface area contributed by atoms with E-state index in [1.54, 1.807) is 0 Å². The Kier molecular flexibility index (Phi) is 4.82. The summed E-state index contributed by atoms with van der Waals surface area (Å²) in [5, 5.41) is 6.01. The Balaban J connectivity index is 2.23. The SMILES string of the molecule is CCCNC(c1csc(C)c1)C1(OC)CCCC1. The van der Waals surface area contributed by atoms with Gasteiger partial charge >= 0.3 is 0 Å². The summed E-state index contributed by atoms with van der Waals surface area (Å²) in [6.45, 7) is 5.46. The fourth-order valence-electron chi connectivity index (χ4n) is 3.10. The number of methoxy groups -OCH3 is 1. The highest BCUT2D eigenvalue weighted by Gasteiger charge is 2.42. The second kappa shape index (κ2) is 6.18. The third-order valence-corrected chi connectivity index (χ3v) is 4.94. The van der Waals surface area contributed by atoms with Crippen LogP contribution in [0.15, 0.2) is 11.4 Å². The van der Waals surface area contributed by atoms with Crippen molar-refractivity contribution in [3.8, 4) is 0 Å². The number of rotatable bonds is 6. The lowest BCUT2D eigenvalue weighted by molar-refractivity contribution is -0.0366. The summed E-state index contributed by atoms with van der Waals surface area (Å²) in [5.41, 5.74) is 1.43. The minimum Gasteiger partial charge on any atom is -0.376 e. The summed E-state index contributed by atoms with van der Waals surface area (Å²) in [6.07, 6.45) is 6.11. The quantitative estimate of drug-likeness (QED) is 0.839. The van der Waals surface area contributed by atoms with Crippen LogP contribution in [-0.2, 0) is 4.74 Å². The summed E-state index contributed by atoms with van der Waals surface area (Å²) in [4.78, 5) is 1.39. The number of ether oxygens (including phenoxy) is 1. The van der Waals surface area contributed by atoms with E-state index in [2.05, 4.69) is 30.6 Å². The van der Waals surface area contributed by atoms with Crippen LogP contribution < -0.4 is 5.32 Å². The molecule has 1 atom stereocenters. The molecule has 1 N–H and O–H groups in total. The maximum Gasteiger partial charge on any atom is 0.0872 e. The molecule has 0 aliphatic heterocycles. The zero-order valence-corrected chi connectivity index (χ0v) is 12.6. The Morgan fingerprint density at radius 2 is 2.17 bits per heavy atom. The Bertz CT molecular complexity index is 368. The molecular formula is C15H25NOS. The van der Waals surface area contributed by atoms with Crippen molar-refractivity contribution in [2.75, 3.05) is 13.7 Å². The van der Waals surface area contributed by atoms with Crippen molar-refractivity contribution in [1.82, 2.24) is 5.32 Å². The second-order valence-corrected chi connectivity index (χ2v) is 6.47. The van der Waals surface area contributed by atoms with E-state index in [0.29, 0.717) is 6.04 Å². The molecule has 0 bridgehead atoms. The maximum atomic E-state index is 5.96. The molecule has 1 aliphatic rings. The minimum absolute atomic E-state index is 0.0166. The smallest absolute Gasteiger partial charge is 0.0872 e. The van der Waals surface area contributed by atoms with Gasteiger partial charge in [0.25, 0.3) is 0 Å². The molecule has 1 fully saturated rings. The van der Waals surface area contributed by atoms with Gasteiger partial charge in [0.05, 0.1) is 11.6 Å². The molecule has 0 spiro atoms. The number of nitrogens with one attached hydrogen (secondary N) is 1. The van der Waals surface area contributed by atoms with E-state index in [0.717, 1.165) is 6.54 Å². The van der Waals surface area contributed by atoms with Crippen molar-refractivity contribution in [3.05, 3.63) is 21.9 Å². The van der Waals surface area contributed by atoms with Crippen molar-refractivity contribution in [3.63, 3.8) is 0 Å². The van der Waals surface area contributed by atoms with Crippen LogP contribution in [0.4, 0.5) is 0 Å². The highest BCUT2D eigenvalue weighted by molar-refractivity contribution is 7.10. The molecule has 0 aromatic carbocycles. The molecular weight excluding hydrogens is 242 g/mol. The van der Waals surface area contributed by atoms with Crippen LogP contribution in [-0.4, -0.2) is 19.3 Å². The lowest BCUT2D eigenvalue weighted by Gasteiger charge is -2.37. The van der Waals surface area contributed by atoms with Crippen LogP contribution in [0.3, 0.4) is 0 Å². The molecule has 3 heteroatoms.